The van der Waals surface area contributed by atoms with Crippen molar-refractivity contribution >= 4 is 77.0 Å². The van der Waals surface area contributed by atoms with E-state index in [9.17, 15) is 59.1 Å². The zero-order valence-corrected chi connectivity index (χ0v) is 41.4. The number of β-lactam (4-membered cyclic amide) rings is 1. The third-order valence-electron chi connectivity index (χ3n) is 11.1. The lowest BCUT2D eigenvalue weighted by molar-refractivity contribution is -0.385. The van der Waals surface area contributed by atoms with Gasteiger partial charge in [0.25, 0.3) is 24.6 Å². The normalized spacial score (nSPS) is 17.9. The van der Waals surface area contributed by atoms with Crippen molar-refractivity contribution in [3.63, 3.8) is 0 Å². The van der Waals surface area contributed by atoms with Crippen LogP contribution in [-0.4, -0.2) is 123 Å². The number of esters is 2. The highest BCUT2D eigenvalue weighted by molar-refractivity contribution is 8.14. The van der Waals surface area contributed by atoms with Gasteiger partial charge in [0.2, 0.25) is 11.3 Å². The molecule has 3 aromatic carbocycles. The summed E-state index contributed by atoms with van der Waals surface area (Å²) in [6.07, 6.45) is -3.82. The molecule has 388 valence electrons. The monoisotopic (exact) mass is 1050 g/mol. The van der Waals surface area contributed by atoms with E-state index < -0.39 is 105 Å². The number of nitro groups is 3. The summed E-state index contributed by atoms with van der Waals surface area (Å²) in [7, 11) is -2.93. The molecule has 25 nitrogen and oxygen atoms in total. The molecule has 0 saturated carbocycles. The Kier molecular flexibility index (Phi) is 20.1. The summed E-state index contributed by atoms with van der Waals surface area (Å²) in [5.74, 6) is -5.14. The van der Waals surface area contributed by atoms with Gasteiger partial charge < -0.3 is 42.2 Å². The van der Waals surface area contributed by atoms with Crippen LogP contribution >= 0.6 is 19.3 Å². The van der Waals surface area contributed by atoms with Crippen molar-refractivity contribution in [3.05, 3.63) is 120 Å². The highest BCUT2D eigenvalue weighted by Gasteiger charge is 2.58. The molecule has 3 aromatic rings. The van der Waals surface area contributed by atoms with Gasteiger partial charge in [-0.1, -0.05) is 11.8 Å². The van der Waals surface area contributed by atoms with Gasteiger partial charge in [0.15, 0.2) is 5.12 Å². The minimum atomic E-state index is -4.07. The number of amides is 2. The number of ether oxygens (including phenoxy) is 5. The maximum absolute atomic E-state index is 14.6. The number of hydrogen-bond acceptors (Lipinski definition) is 21. The second kappa shape index (κ2) is 25.9. The molecule has 72 heavy (non-hydrogen) atoms. The van der Waals surface area contributed by atoms with Gasteiger partial charge in [0.05, 0.1) is 59.6 Å². The first-order chi connectivity index (χ1) is 34.4. The molecule has 2 heterocycles. The summed E-state index contributed by atoms with van der Waals surface area (Å²) in [5.41, 5.74) is 0.0849. The number of piperidine rings is 1. The number of benzene rings is 3. The lowest BCUT2D eigenvalue weighted by Crippen LogP contribution is -2.68. The van der Waals surface area contributed by atoms with Crippen LogP contribution < -0.4 is 0 Å². The minimum absolute atomic E-state index is 0.0314. The highest BCUT2D eigenvalue weighted by atomic mass is 32.2. The van der Waals surface area contributed by atoms with Crippen LogP contribution in [0.15, 0.2) is 72.8 Å². The van der Waals surface area contributed by atoms with Crippen LogP contribution in [0.3, 0.4) is 0 Å². The summed E-state index contributed by atoms with van der Waals surface area (Å²) < 4.78 is 45.2. The fraction of sp³-hybridized carbons (Fsp3) is 0.444. The summed E-state index contributed by atoms with van der Waals surface area (Å²) in [5, 5.41) is 32.0. The number of thioether (sulfide) groups is 1. The summed E-state index contributed by atoms with van der Waals surface area (Å²) in [6, 6.07) is 14.4. The maximum Gasteiger partial charge on any atom is 0.508 e. The van der Waals surface area contributed by atoms with E-state index in [1.165, 1.54) is 84.6 Å². The van der Waals surface area contributed by atoms with Crippen LogP contribution in [0.2, 0.25) is 0 Å². The van der Waals surface area contributed by atoms with Gasteiger partial charge in [-0.25, -0.2) is 14.4 Å². The molecule has 2 saturated heterocycles. The van der Waals surface area contributed by atoms with E-state index in [1.807, 2.05) is 0 Å². The van der Waals surface area contributed by atoms with Crippen LogP contribution in [0.4, 0.5) is 26.7 Å². The molecule has 5 unspecified atom stereocenters. The molecular formula is C45H52N5O20PS. The Balaban J connectivity index is 1.43. The lowest BCUT2D eigenvalue weighted by Gasteiger charge is -2.49. The predicted octanol–water partition coefficient (Wildman–Crippen LogP) is 6.88. The molecule has 0 spiro atoms. The second-order valence-corrected chi connectivity index (χ2v) is 19.2. The molecule has 5 atom stereocenters. The van der Waals surface area contributed by atoms with Crippen LogP contribution in [0.25, 0.3) is 0 Å². The van der Waals surface area contributed by atoms with E-state index in [0.717, 1.165) is 23.8 Å². The molecule has 0 radical (unpaired) electrons. The van der Waals surface area contributed by atoms with Crippen LogP contribution in [0.1, 0.15) is 57.2 Å². The topological polar surface area (TPSA) is 312 Å². The zero-order valence-electron chi connectivity index (χ0n) is 39.6. The van der Waals surface area contributed by atoms with E-state index in [0.29, 0.717) is 16.7 Å². The molecule has 2 amide bonds. The molecule has 2 fully saturated rings. The smallest absolute Gasteiger partial charge is 0.469 e. The fourth-order valence-electron chi connectivity index (χ4n) is 7.70. The van der Waals surface area contributed by atoms with Gasteiger partial charge in [-0.2, -0.15) is 0 Å². The summed E-state index contributed by atoms with van der Waals surface area (Å²) in [6.45, 7) is 4.59. The molecule has 2 aliphatic heterocycles. The van der Waals surface area contributed by atoms with Gasteiger partial charge in [0.1, 0.15) is 25.9 Å². The van der Waals surface area contributed by atoms with Crippen molar-refractivity contribution < 1.29 is 80.8 Å². The predicted molar refractivity (Wildman–Crippen MR) is 254 cm³/mol. The molecule has 27 heteroatoms. The van der Waals surface area contributed by atoms with E-state index in [2.05, 4.69) is 0 Å². The summed E-state index contributed by atoms with van der Waals surface area (Å²) >= 11 is 0.742. The molecule has 0 aliphatic carbocycles. The van der Waals surface area contributed by atoms with Crippen molar-refractivity contribution in [1.82, 2.24) is 9.80 Å². The molecule has 0 N–H and O–H groups in total. The number of rotatable bonds is 23. The Morgan fingerprint density at radius 2 is 1.18 bits per heavy atom. The standard InChI is InChI=1S/C45H52N5O20PS/c1-6-67-71(68-7-2,69-8-3)41(43(54)64-25-29-9-15-32(16-10-29)48(57)58)47-36(39(40(47)52)28(4)70-45(56)66-27-31-13-19-34(20-14-31)50(61)62)23-38(51)72-37-21-22-46(24-35(37)42(53)63-5)44(55)65-26-30-11-17-33(18-12-30)49(59)60/h9-20,28,35-37,39H,6-8,21-27H2,1-5H3. The number of methoxy groups -OCH3 is 1. The second-order valence-electron chi connectivity index (χ2n) is 15.7. The maximum atomic E-state index is 14.6. The van der Waals surface area contributed by atoms with Gasteiger partial charge in [-0.3, -0.25) is 49.6 Å². The number of carbonyl (C=O) groups is 6. The molecule has 0 aromatic heterocycles. The van der Waals surface area contributed by atoms with E-state index in [1.54, 1.807) is 20.8 Å². The van der Waals surface area contributed by atoms with Crippen LogP contribution in [0.5, 0.6) is 0 Å². The average Bonchev–Trinajstić information content (AvgIpc) is 3.36. The molecule has 0 bridgehead atoms. The fourth-order valence-corrected chi connectivity index (χ4v) is 11.3. The number of non-ortho nitro benzene ring substituents is 3. The molecule has 2 aliphatic rings. The first kappa shape index (κ1) is 55.9. The van der Waals surface area contributed by atoms with Gasteiger partial charge in [-0.05, 0) is 87.2 Å². The van der Waals surface area contributed by atoms with Crippen molar-refractivity contribution in [2.24, 2.45) is 11.8 Å². The first-order valence-electron chi connectivity index (χ1n) is 22.3. The van der Waals surface area contributed by atoms with Crippen molar-refractivity contribution in [1.29, 1.82) is 0 Å². The lowest BCUT2D eigenvalue weighted by atomic mass is 9.81. The van der Waals surface area contributed by atoms with Gasteiger partial charge >= 0.3 is 24.2 Å². The largest absolute Gasteiger partial charge is 0.508 e. The number of nitrogens with zero attached hydrogens (tertiary/aromatic N) is 5. The highest BCUT2D eigenvalue weighted by Crippen LogP contribution is 2.55. The van der Waals surface area contributed by atoms with Crippen molar-refractivity contribution in [2.45, 2.75) is 77.8 Å². The third-order valence-corrected chi connectivity index (χ3v) is 15.1. The van der Waals surface area contributed by atoms with E-state index in [4.69, 9.17) is 37.3 Å². The van der Waals surface area contributed by atoms with Crippen molar-refractivity contribution in [2.75, 3.05) is 40.0 Å². The third kappa shape index (κ3) is 14.1. The minimum Gasteiger partial charge on any atom is -0.469 e. The Bertz CT molecular complexity index is 2520. The van der Waals surface area contributed by atoms with Crippen molar-refractivity contribution in [3.8, 4) is 0 Å². The number of nitro benzene ring substituents is 3. The quantitative estimate of drug-likeness (QED) is 0.0233. The Morgan fingerprint density at radius 3 is 1.62 bits per heavy atom. The summed E-state index contributed by atoms with van der Waals surface area (Å²) in [4.78, 5) is 117. The van der Waals surface area contributed by atoms with E-state index in [-0.39, 0.29) is 69.6 Å². The number of hydrogen-bond donors (Lipinski definition) is 0. The SMILES string of the molecule is CCOP(OCC)(OCC)=C(C(=O)OCc1ccc([N+](=O)[O-])cc1)N1C(=O)C(C(C)OC(=O)OCc2ccc([N+](=O)[O-])cc2)C1CC(=O)SC1CCN(C(=O)OCc2ccc([N+](=O)[O-])cc2)CC1C(=O)OC. The first-order valence-corrected chi connectivity index (χ1v) is 24.7. The zero-order chi connectivity index (χ0) is 52.7. The Morgan fingerprint density at radius 1 is 0.722 bits per heavy atom. The molecular weight excluding hydrogens is 994 g/mol. The average molecular weight is 1050 g/mol. The van der Waals surface area contributed by atoms with Gasteiger partial charge in [0, 0.05) is 61.2 Å². The molecule has 5 rings (SSSR count). The van der Waals surface area contributed by atoms with Crippen LogP contribution in [-0.2, 0) is 76.3 Å². The number of carbonyl (C=O) groups excluding carboxylic acids is 6. The Hall–Kier alpha value is -6.99. The van der Waals surface area contributed by atoms with Gasteiger partial charge in [-0.15, -0.1) is 0 Å². The van der Waals surface area contributed by atoms with E-state index >= 15 is 0 Å². The van der Waals surface area contributed by atoms with Crippen LogP contribution in [0, 0.1) is 42.2 Å². The number of likely N-dealkylation sites (tertiary alicyclic amines) is 2. The Labute approximate surface area is 415 Å².